The quantitative estimate of drug-likeness (QED) is 0.414. The van der Waals surface area contributed by atoms with Crippen molar-refractivity contribution in [3.05, 3.63) is 58.6 Å². The van der Waals surface area contributed by atoms with Crippen LogP contribution in [0.25, 0.3) is 0 Å². The van der Waals surface area contributed by atoms with Crippen LogP contribution in [0.4, 0.5) is 0 Å². The van der Waals surface area contributed by atoms with E-state index in [0.29, 0.717) is 12.4 Å². The van der Waals surface area contributed by atoms with Crippen LogP contribution in [0, 0.1) is 0 Å². The Bertz CT molecular complexity index is 757. The zero-order valence-corrected chi connectivity index (χ0v) is 14.6. The number of aromatic carboxylic acids is 1. The van der Waals surface area contributed by atoms with Crippen molar-refractivity contribution in [1.29, 1.82) is 0 Å². The summed E-state index contributed by atoms with van der Waals surface area (Å²) in [7, 11) is 0. The molecule has 0 unspecified atom stereocenters. The molecule has 0 atom stereocenters. The number of hydrogen-bond acceptors (Lipinski definition) is 4. The molecule has 25 heavy (non-hydrogen) atoms. The van der Waals surface area contributed by atoms with Crippen LogP contribution in [0.15, 0.2) is 42.5 Å². The van der Waals surface area contributed by atoms with E-state index in [1.807, 2.05) is 0 Å². The SMILES string of the molecule is CCCCCOc1ccccc1C(=O)Oc1ccc(Cl)cc1C(=O)O. The highest BCUT2D eigenvalue weighted by molar-refractivity contribution is 6.31. The summed E-state index contributed by atoms with van der Waals surface area (Å²) in [6, 6.07) is 10.8. The van der Waals surface area contributed by atoms with Gasteiger partial charge in [0, 0.05) is 5.02 Å². The number of carbonyl (C=O) groups is 2. The molecule has 0 spiro atoms. The van der Waals surface area contributed by atoms with Crippen LogP contribution in [-0.4, -0.2) is 23.7 Å². The number of halogens is 1. The second kappa shape index (κ2) is 9.08. The number of para-hydroxylation sites is 1. The van der Waals surface area contributed by atoms with Gasteiger partial charge in [0.1, 0.15) is 22.6 Å². The molecule has 2 rings (SSSR count). The van der Waals surface area contributed by atoms with Gasteiger partial charge in [-0.15, -0.1) is 0 Å². The average molecular weight is 363 g/mol. The lowest BCUT2D eigenvalue weighted by atomic mass is 10.2. The molecule has 0 bridgehead atoms. The van der Waals surface area contributed by atoms with Crippen molar-refractivity contribution in [1.82, 2.24) is 0 Å². The van der Waals surface area contributed by atoms with E-state index in [1.54, 1.807) is 24.3 Å². The lowest BCUT2D eigenvalue weighted by molar-refractivity contribution is 0.0680. The zero-order valence-electron chi connectivity index (χ0n) is 13.8. The van der Waals surface area contributed by atoms with E-state index in [4.69, 9.17) is 21.1 Å². The van der Waals surface area contributed by atoms with Crippen molar-refractivity contribution in [3.63, 3.8) is 0 Å². The van der Waals surface area contributed by atoms with E-state index in [0.717, 1.165) is 19.3 Å². The summed E-state index contributed by atoms with van der Waals surface area (Å²) in [5, 5.41) is 9.47. The third-order valence-electron chi connectivity index (χ3n) is 3.49. The van der Waals surface area contributed by atoms with Crippen LogP contribution in [-0.2, 0) is 0 Å². The van der Waals surface area contributed by atoms with E-state index in [2.05, 4.69) is 6.92 Å². The van der Waals surface area contributed by atoms with Crippen molar-refractivity contribution in [2.24, 2.45) is 0 Å². The predicted octanol–water partition coefficient (Wildman–Crippen LogP) is 4.83. The molecule has 0 heterocycles. The van der Waals surface area contributed by atoms with Crippen molar-refractivity contribution in [2.45, 2.75) is 26.2 Å². The maximum atomic E-state index is 12.5. The van der Waals surface area contributed by atoms with Gasteiger partial charge in [-0.3, -0.25) is 0 Å². The van der Waals surface area contributed by atoms with Gasteiger partial charge in [0.05, 0.1) is 6.61 Å². The molecule has 0 radical (unpaired) electrons. The number of benzene rings is 2. The predicted molar refractivity (Wildman–Crippen MR) is 94.8 cm³/mol. The highest BCUT2D eigenvalue weighted by atomic mass is 35.5. The van der Waals surface area contributed by atoms with Gasteiger partial charge in [-0.1, -0.05) is 43.5 Å². The molecule has 1 N–H and O–H groups in total. The Hall–Kier alpha value is -2.53. The molecule has 0 aliphatic carbocycles. The van der Waals surface area contributed by atoms with Crippen molar-refractivity contribution in [3.8, 4) is 11.5 Å². The Morgan fingerprint density at radius 1 is 1.04 bits per heavy atom. The number of rotatable bonds is 8. The Kier molecular flexibility index (Phi) is 6.83. The molecular weight excluding hydrogens is 344 g/mol. The Balaban J connectivity index is 2.18. The average Bonchev–Trinajstić information content (AvgIpc) is 2.60. The smallest absolute Gasteiger partial charge is 0.347 e. The van der Waals surface area contributed by atoms with Crippen LogP contribution < -0.4 is 9.47 Å². The Labute approximate surface area is 151 Å². The second-order valence-corrected chi connectivity index (χ2v) is 5.82. The van der Waals surface area contributed by atoms with Crippen molar-refractivity contribution >= 4 is 23.5 Å². The Morgan fingerprint density at radius 3 is 2.52 bits per heavy atom. The lowest BCUT2D eigenvalue weighted by Gasteiger charge is -2.12. The molecule has 132 valence electrons. The van der Waals surface area contributed by atoms with Gasteiger partial charge in [0.2, 0.25) is 0 Å². The van der Waals surface area contributed by atoms with Gasteiger partial charge in [-0.25, -0.2) is 9.59 Å². The first-order valence-corrected chi connectivity index (χ1v) is 8.37. The molecule has 6 heteroatoms. The van der Waals surface area contributed by atoms with Crippen LogP contribution in [0.2, 0.25) is 5.02 Å². The van der Waals surface area contributed by atoms with E-state index in [-0.39, 0.29) is 21.9 Å². The number of carbonyl (C=O) groups excluding carboxylic acids is 1. The number of carboxylic acid groups (broad SMARTS) is 1. The topological polar surface area (TPSA) is 72.8 Å². The molecule has 0 aromatic heterocycles. The Morgan fingerprint density at radius 2 is 1.80 bits per heavy atom. The van der Waals surface area contributed by atoms with Crippen LogP contribution in [0.5, 0.6) is 11.5 Å². The summed E-state index contributed by atoms with van der Waals surface area (Å²) < 4.78 is 10.9. The summed E-state index contributed by atoms with van der Waals surface area (Å²) >= 11 is 5.80. The third kappa shape index (κ3) is 5.22. The normalized spacial score (nSPS) is 10.3. The summed E-state index contributed by atoms with van der Waals surface area (Å²) in [5.41, 5.74) is 0.0625. The fourth-order valence-electron chi connectivity index (χ4n) is 2.21. The second-order valence-electron chi connectivity index (χ2n) is 5.39. The standard InChI is InChI=1S/C19H19ClO5/c1-2-3-6-11-24-16-8-5-4-7-14(16)19(23)25-17-10-9-13(20)12-15(17)18(21)22/h4-5,7-10,12H,2-3,6,11H2,1H3,(H,21,22). The zero-order chi connectivity index (χ0) is 18.2. The van der Waals surface area contributed by atoms with Gasteiger partial charge in [-0.2, -0.15) is 0 Å². The summed E-state index contributed by atoms with van der Waals surface area (Å²) in [5.74, 6) is -1.57. The van der Waals surface area contributed by atoms with Crippen LogP contribution >= 0.6 is 11.6 Å². The van der Waals surface area contributed by atoms with Gasteiger partial charge in [0.15, 0.2) is 0 Å². The largest absolute Gasteiger partial charge is 0.493 e. The van der Waals surface area contributed by atoms with E-state index < -0.39 is 11.9 Å². The number of esters is 1. The highest BCUT2D eigenvalue weighted by Gasteiger charge is 2.19. The van der Waals surface area contributed by atoms with Gasteiger partial charge >= 0.3 is 11.9 Å². The maximum absolute atomic E-state index is 12.5. The minimum absolute atomic E-state index is 0.0670. The van der Waals surface area contributed by atoms with E-state index >= 15 is 0 Å². The number of carboxylic acids is 1. The highest BCUT2D eigenvalue weighted by Crippen LogP contribution is 2.26. The van der Waals surface area contributed by atoms with Crippen molar-refractivity contribution in [2.75, 3.05) is 6.61 Å². The fourth-order valence-corrected chi connectivity index (χ4v) is 2.38. The first-order valence-electron chi connectivity index (χ1n) is 7.99. The molecule has 0 saturated carbocycles. The molecular formula is C19H19ClO5. The molecule has 0 aliphatic rings. The van der Waals surface area contributed by atoms with Crippen LogP contribution in [0.3, 0.4) is 0 Å². The van der Waals surface area contributed by atoms with Gasteiger partial charge in [-0.05, 0) is 36.8 Å². The third-order valence-corrected chi connectivity index (χ3v) is 3.72. The van der Waals surface area contributed by atoms with Gasteiger partial charge < -0.3 is 14.6 Å². The van der Waals surface area contributed by atoms with Crippen molar-refractivity contribution < 1.29 is 24.2 Å². The summed E-state index contributed by atoms with van der Waals surface area (Å²) in [6.45, 7) is 2.59. The number of ether oxygens (including phenoxy) is 2. The molecule has 2 aromatic carbocycles. The summed E-state index contributed by atoms with van der Waals surface area (Å²) in [6.07, 6.45) is 3.00. The maximum Gasteiger partial charge on any atom is 0.347 e. The summed E-state index contributed by atoms with van der Waals surface area (Å²) in [4.78, 5) is 23.7. The number of unbranched alkanes of at least 4 members (excludes halogenated alkanes) is 2. The molecule has 5 nitrogen and oxygen atoms in total. The first kappa shape index (κ1) is 18.8. The molecule has 0 saturated heterocycles. The molecule has 0 amide bonds. The van der Waals surface area contributed by atoms with Gasteiger partial charge in [0.25, 0.3) is 0 Å². The first-order chi connectivity index (χ1) is 12.0. The molecule has 0 fully saturated rings. The monoisotopic (exact) mass is 362 g/mol. The van der Waals surface area contributed by atoms with E-state index in [1.165, 1.54) is 18.2 Å². The minimum atomic E-state index is -1.23. The molecule has 2 aromatic rings. The fraction of sp³-hybridized carbons (Fsp3) is 0.263. The number of hydrogen-bond donors (Lipinski definition) is 1. The van der Waals surface area contributed by atoms with Crippen LogP contribution in [0.1, 0.15) is 46.9 Å². The minimum Gasteiger partial charge on any atom is -0.493 e. The van der Waals surface area contributed by atoms with E-state index in [9.17, 15) is 14.7 Å². The lowest BCUT2D eigenvalue weighted by Crippen LogP contribution is -2.13. The molecule has 0 aliphatic heterocycles.